The molecule has 0 spiro atoms. The van der Waals surface area contributed by atoms with Gasteiger partial charge in [-0.2, -0.15) is 22.7 Å². The summed E-state index contributed by atoms with van der Waals surface area (Å²) < 4.78 is 41.0. The van der Waals surface area contributed by atoms with E-state index in [0.717, 1.165) is 37.8 Å². The molecule has 34 heavy (non-hydrogen) atoms. The van der Waals surface area contributed by atoms with Crippen molar-refractivity contribution in [2.75, 3.05) is 31.1 Å². The monoisotopic (exact) mass is 474 g/mol. The van der Waals surface area contributed by atoms with Crippen LogP contribution in [0, 0.1) is 5.92 Å². The molecule has 3 heterocycles. The third kappa shape index (κ3) is 5.00. The van der Waals surface area contributed by atoms with E-state index >= 15 is 0 Å². The molecule has 3 aromatic rings. The van der Waals surface area contributed by atoms with E-state index in [2.05, 4.69) is 28.9 Å². The van der Waals surface area contributed by atoms with Crippen molar-refractivity contribution < 1.29 is 18.0 Å². The highest BCUT2D eigenvalue weighted by Gasteiger charge is 2.31. The Hall–Kier alpha value is -3.17. The lowest BCUT2D eigenvalue weighted by Crippen LogP contribution is -2.50. The predicted molar refractivity (Wildman–Crippen MR) is 123 cm³/mol. The quantitative estimate of drug-likeness (QED) is 0.498. The molecule has 1 aliphatic rings. The van der Waals surface area contributed by atoms with Crippen molar-refractivity contribution in [1.82, 2.24) is 24.5 Å². The summed E-state index contributed by atoms with van der Waals surface area (Å²) in [7, 11) is 0. The topological polar surface area (TPSA) is 66.6 Å². The molecule has 1 fully saturated rings. The molecule has 182 valence electrons. The van der Waals surface area contributed by atoms with Gasteiger partial charge in [0.1, 0.15) is 0 Å². The molecular weight excluding hydrogens is 445 g/mol. The Kier molecular flexibility index (Phi) is 7.04. The van der Waals surface area contributed by atoms with E-state index < -0.39 is 11.7 Å². The molecule has 0 N–H and O–H groups in total. The van der Waals surface area contributed by atoms with E-state index in [1.807, 2.05) is 9.80 Å². The van der Waals surface area contributed by atoms with Crippen LogP contribution < -0.4 is 4.90 Å². The molecule has 0 saturated carbocycles. The van der Waals surface area contributed by atoms with Crippen molar-refractivity contribution in [1.29, 1.82) is 0 Å². The van der Waals surface area contributed by atoms with Gasteiger partial charge in [0.15, 0.2) is 0 Å². The molecule has 10 heteroatoms. The molecule has 1 aromatic carbocycles. The standard InChI is InChI=1S/C24H29F3N6O/c1-3-5-7-17(4-2)21(34)31-12-14-32(15-13-31)23-29-22-28-11-10-20(33(22)30-23)18-8-6-9-19(16-18)24(25,26)27/h6,8-11,16-17H,3-5,7,12-15H2,1-2H3/t17-/m0/s1. The molecule has 0 bridgehead atoms. The molecule has 0 aliphatic carbocycles. The average Bonchev–Trinajstić information content (AvgIpc) is 3.28. The number of nitrogens with zero attached hydrogens (tertiary/aromatic N) is 6. The second kappa shape index (κ2) is 9.99. The van der Waals surface area contributed by atoms with Gasteiger partial charge in [-0.15, -0.1) is 5.10 Å². The minimum Gasteiger partial charge on any atom is -0.339 e. The summed E-state index contributed by atoms with van der Waals surface area (Å²) in [5.41, 5.74) is 0.137. The van der Waals surface area contributed by atoms with Gasteiger partial charge in [0, 0.05) is 43.9 Å². The summed E-state index contributed by atoms with van der Waals surface area (Å²) >= 11 is 0. The lowest BCUT2D eigenvalue weighted by atomic mass is 9.97. The van der Waals surface area contributed by atoms with Crippen LogP contribution in [-0.2, 0) is 11.0 Å². The summed E-state index contributed by atoms with van der Waals surface area (Å²) in [6, 6.07) is 6.75. The number of anilines is 1. The number of aromatic nitrogens is 4. The Morgan fingerprint density at radius 1 is 1.12 bits per heavy atom. The van der Waals surface area contributed by atoms with Crippen LogP contribution in [-0.4, -0.2) is 56.6 Å². The zero-order chi connectivity index (χ0) is 24.3. The summed E-state index contributed by atoms with van der Waals surface area (Å²) in [6.45, 7) is 6.54. The predicted octanol–water partition coefficient (Wildman–Crippen LogP) is 4.68. The fraction of sp³-hybridized carbons (Fsp3) is 0.500. The molecule has 1 aliphatic heterocycles. The van der Waals surface area contributed by atoms with Crippen LogP contribution in [0.25, 0.3) is 17.0 Å². The zero-order valence-corrected chi connectivity index (χ0v) is 19.4. The summed E-state index contributed by atoms with van der Waals surface area (Å²) in [6.07, 6.45) is 0.979. The number of carbonyl (C=O) groups excluding carboxylic acids is 1. The first kappa shape index (κ1) is 24.0. The van der Waals surface area contributed by atoms with Crippen molar-refractivity contribution in [3.8, 4) is 11.3 Å². The van der Waals surface area contributed by atoms with Gasteiger partial charge in [-0.1, -0.05) is 38.8 Å². The Balaban J connectivity index is 1.51. The maximum Gasteiger partial charge on any atom is 0.416 e. The van der Waals surface area contributed by atoms with Crippen LogP contribution in [0.1, 0.15) is 45.1 Å². The van der Waals surface area contributed by atoms with Gasteiger partial charge in [-0.3, -0.25) is 4.79 Å². The van der Waals surface area contributed by atoms with E-state index in [1.54, 1.807) is 12.1 Å². The number of benzene rings is 1. The number of rotatable bonds is 7. The summed E-state index contributed by atoms with van der Waals surface area (Å²) in [5, 5.41) is 4.55. The van der Waals surface area contributed by atoms with Gasteiger partial charge in [0.05, 0.1) is 11.3 Å². The number of halogens is 3. The van der Waals surface area contributed by atoms with Gasteiger partial charge < -0.3 is 9.80 Å². The van der Waals surface area contributed by atoms with Crippen LogP contribution in [0.15, 0.2) is 36.5 Å². The number of piperazine rings is 1. The van der Waals surface area contributed by atoms with Crippen molar-refractivity contribution in [3.05, 3.63) is 42.1 Å². The van der Waals surface area contributed by atoms with Crippen molar-refractivity contribution in [2.24, 2.45) is 5.92 Å². The van der Waals surface area contributed by atoms with E-state index in [-0.39, 0.29) is 11.8 Å². The van der Waals surface area contributed by atoms with Crippen molar-refractivity contribution >= 4 is 17.6 Å². The molecule has 0 radical (unpaired) electrons. The van der Waals surface area contributed by atoms with E-state index in [0.29, 0.717) is 49.2 Å². The number of unbranched alkanes of at least 4 members (excludes halogenated alkanes) is 1. The fourth-order valence-corrected chi connectivity index (χ4v) is 4.33. The molecule has 1 amide bonds. The van der Waals surface area contributed by atoms with Crippen LogP contribution >= 0.6 is 0 Å². The van der Waals surface area contributed by atoms with Gasteiger partial charge in [-0.05, 0) is 31.0 Å². The Bertz CT molecular complexity index is 1140. The van der Waals surface area contributed by atoms with E-state index in [1.165, 1.54) is 16.8 Å². The zero-order valence-electron chi connectivity index (χ0n) is 19.4. The lowest BCUT2D eigenvalue weighted by Gasteiger charge is -2.35. The molecule has 1 saturated heterocycles. The summed E-state index contributed by atoms with van der Waals surface area (Å²) in [5.74, 6) is 1.05. The lowest BCUT2D eigenvalue weighted by molar-refractivity contribution is -0.137. The third-order valence-corrected chi connectivity index (χ3v) is 6.34. The Morgan fingerprint density at radius 2 is 1.88 bits per heavy atom. The second-order valence-corrected chi connectivity index (χ2v) is 8.59. The SMILES string of the molecule is CCCC[C@H](CC)C(=O)N1CCN(c2nc3nccc(-c4cccc(C(F)(F)F)c4)n3n2)CC1. The van der Waals surface area contributed by atoms with Gasteiger partial charge in [0.2, 0.25) is 11.9 Å². The number of alkyl halides is 3. The first-order valence-electron chi connectivity index (χ1n) is 11.7. The normalized spacial score (nSPS) is 15.7. The highest BCUT2D eigenvalue weighted by atomic mass is 19.4. The number of hydrogen-bond acceptors (Lipinski definition) is 5. The minimum absolute atomic E-state index is 0.0686. The smallest absolute Gasteiger partial charge is 0.339 e. The second-order valence-electron chi connectivity index (χ2n) is 8.59. The van der Waals surface area contributed by atoms with Crippen molar-refractivity contribution in [3.63, 3.8) is 0 Å². The minimum atomic E-state index is -4.43. The molecule has 1 atom stereocenters. The third-order valence-electron chi connectivity index (χ3n) is 6.34. The maximum absolute atomic E-state index is 13.2. The van der Waals surface area contributed by atoms with Gasteiger partial charge in [-0.25, -0.2) is 4.98 Å². The Morgan fingerprint density at radius 3 is 2.56 bits per heavy atom. The van der Waals surface area contributed by atoms with Gasteiger partial charge >= 0.3 is 6.18 Å². The highest BCUT2D eigenvalue weighted by molar-refractivity contribution is 5.79. The van der Waals surface area contributed by atoms with Crippen LogP contribution in [0.4, 0.5) is 19.1 Å². The first-order valence-corrected chi connectivity index (χ1v) is 11.7. The van der Waals surface area contributed by atoms with Crippen LogP contribution in [0.3, 0.4) is 0 Å². The van der Waals surface area contributed by atoms with Gasteiger partial charge in [0.25, 0.3) is 5.78 Å². The molecule has 4 rings (SSSR count). The largest absolute Gasteiger partial charge is 0.416 e. The number of carbonyl (C=O) groups is 1. The first-order chi connectivity index (χ1) is 16.3. The van der Waals surface area contributed by atoms with E-state index in [9.17, 15) is 18.0 Å². The number of amides is 1. The molecule has 0 unspecified atom stereocenters. The summed E-state index contributed by atoms with van der Waals surface area (Å²) in [4.78, 5) is 25.5. The molecule has 7 nitrogen and oxygen atoms in total. The highest BCUT2D eigenvalue weighted by Crippen LogP contribution is 2.32. The number of hydrogen-bond donors (Lipinski definition) is 0. The number of fused-ring (bicyclic) bond motifs is 1. The molecular formula is C24H29F3N6O. The van der Waals surface area contributed by atoms with Crippen molar-refractivity contribution in [2.45, 2.75) is 45.7 Å². The van der Waals surface area contributed by atoms with Crippen LogP contribution in [0.5, 0.6) is 0 Å². The fourth-order valence-electron chi connectivity index (χ4n) is 4.33. The van der Waals surface area contributed by atoms with E-state index in [4.69, 9.17) is 0 Å². The average molecular weight is 475 g/mol. The molecule has 2 aromatic heterocycles. The Labute approximate surface area is 196 Å². The van der Waals surface area contributed by atoms with Crippen LogP contribution in [0.2, 0.25) is 0 Å². The maximum atomic E-state index is 13.2.